The van der Waals surface area contributed by atoms with Crippen LogP contribution in [0.2, 0.25) is 0 Å². The zero-order chi connectivity index (χ0) is 14.0. The van der Waals surface area contributed by atoms with Crippen molar-refractivity contribution in [3.63, 3.8) is 0 Å². The molecule has 0 saturated heterocycles. The summed E-state index contributed by atoms with van der Waals surface area (Å²) in [7, 11) is 0. The molecule has 108 valence electrons. The quantitative estimate of drug-likeness (QED) is 0.869. The number of rotatable bonds is 2. The van der Waals surface area contributed by atoms with Crippen LogP contribution in [0.25, 0.3) is 0 Å². The molecule has 5 heteroatoms. The lowest BCUT2D eigenvalue weighted by Crippen LogP contribution is -2.13. The summed E-state index contributed by atoms with van der Waals surface area (Å²) in [5.41, 5.74) is 7.67. The Morgan fingerprint density at radius 3 is 2.10 bits per heavy atom. The highest BCUT2D eigenvalue weighted by Gasteiger charge is 2.30. The van der Waals surface area contributed by atoms with Gasteiger partial charge in [-0.25, -0.2) is 0 Å². The number of alkyl halides is 3. The molecule has 0 bridgehead atoms. The Kier molecular flexibility index (Phi) is 5.20. The van der Waals surface area contributed by atoms with Crippen molar-refractivity contribution in [3.05, 3.63) is 70.8 Å². The number of halogens is 4. The Hall–Kier alpha value is -1.52. The molecule has 0 radical (unpaired) electrons. The van der Waals surface area contributed by atoms with Gasteiger partial charge in [0, 0.05) is 0 Å². The van der Waals surface area contributed by atoms with Crippen molar-refractivity contribution >= 4 is 12.4 Å². The first-order valence-corrected chi connectivity index (χ1v) is 5.87. The highest BCUT2D eigenvalue weighted by molar-refractivity contribution is 5.85. The highest BCUT2D eigenvalue weighted by atomic mass is 35.5. The predicted molar refractivity (Wildman–Crippen MR) is 75.9 cm³/mol. The standard InChI is InChI=1S/C15H14F3N.ClH/c1-10-5-7-11(8-6-10)14(19)12-3-2-4-13(9-12)15(16,17)18;/h2-9,14H,19H2,1H3;1H. The molecular formula is C15H15ClF3N. The molecule has 0 aliphatic heterocycles. The van der Waals surface area contributed by atoms with Crippen LogP contribution < -0.4 is 5.73 Å². The highest BCUT2D eigenvalue weighted by Crippen LogP contribution is 2.31. The Morgan fingerprint density at radius 1 is 0.950 bits per heavy atom. The molecule has 2 N–H and O–H groups in total. The molecule has 2 aromatic rings. The summed E-state index contributed by atoms with van der Waals surface area (Å²) in [6.45, 7) is 1.94. The topological polar surface area (TPSA) is 26.0 Å². The number of hydrogen-bond acceptors (Lipinski definition) is 1. The number of benzene rings is 2. The van der Waals surface area contributed by atoms with Crippen LogP contribution in [-0.2, 0) is 6.18 Å². The lowest BCUT2D eigenvalue weighted by atomic mass is 9.97. The van der Waals surface area contributed by atoms with Crippen molar-refractivity contribution < 1.29 is 13.2 Å². The van der Waals surface area contributed by atoms with Crippen LogP contribution in [0.3, 0.4) is 0 Å². The van der Waals surface area contributed by atoms with E-state index < -0.39 is 17.8 Å². The summed E-state index contributed by atoms with van der Waals surface area (Å²) in [4.78, 5) is 0. The second-order valence-electron chi connectivity index (χ2n) is 4.51. The average Bonchev–Trinajstić information content (AvgIpc) is 2.38. The van der Waals surface area contributed by atoms with Crippen molar-refractivity contribution in [3.8, 4) is 0 Å². The molecule has 0 amide bonds. The third kappa shape index (κ3) is 3.74. The van der Waals surface area contributed by atoms with E-state index in [1.807, 2.05) is 31.2 Å². The largest absolute Gasteiger partial charge is 0.416 e. The van der Waals surface area contributed by atoms with Gasteiger partial charge in [-0.2, -0.15) is 13.2 Å². The zero-order valence-corrected chi connectivity index (χ0v) is 11.6. The van der Waals surface area contributed by atoms with E-state index >= 15 is 0 Å². The van der Waals surface area contributed by atoms with Gasteiger partial charge in [0.1, 0.15) is 0 Å². The monoisotopic (exact) mass is 301 g/mol. The molecule has 1 nitrogen and oxygen atoms in total. The van der Waals surface area contributed by atoms with E-state index in [2.05, 4.69) is 0 Å². The molecule has 1 unspecified atom stereocenters. The second-order valence-corrected chi connectivity index (χ2v) is 4.51. The number of hydrogen-bond donors (Lipinski definition) is 1. The first kappa shape index (κ1) is 16.5. The van der Waals surface area contributed by atoms with Crippen molar-refractivity contribution in [1.82, 2.24) is 0 Å². The normalized spacial score (nSPS) is 12.7. The maximum absolute atomic E-state index is 12.6. The van der Waals surface area contributed by atoms with Crippen molar-refractivity contribution in [2.75, 3.05) is 0 Å². The van der Waals surface area contributed by atoms with E-state index in [-0.39, 0.29) is 12.4 Å². The number of nitrogens with two attached hydrogens (primary N) is 1. The molecule has 1 atom stereocenters. The minimum Gasteiger partial charge on any atom is -0.320 e. The average molecular weight is 302 g/mol. The van der Waals surface area contributed by atoms with Gasteiger partial charge in [0.25, 0.3) is 0 Å². The minimum absolute atomic E-state index is 0. The van der Waals surface area contributed by atoms with Crippen LogP contribution in [-0.4, -0.2) is 0 Å². The molecule has 0 saturated carbocycles. The van der Waals surface area contributed by atoms with E-state index in [1.54, 1.807) is 6.07 Å². The van der Waals surface area contributed by atoms with Crippen molar-refractivity contribution in [2.45, 2.75) is 19.1 Å². The maximum atomic E-state index is 12.6. The van der Waals surface area contributed by atoms with Crippen LogP contribution >= 0.6 is 12.4 Å². The summed E-state index contributed by atoms with van der Waals surface area (Å²) in [5.74, 6) is 0. The Bertz CT molecular complexity index is 564. The third-order valence-electron chi connectivity index (χ3n) is 3.01. The van der Waals surface area contributed by atoms with Crippen molar-refractivity contribution in [1.29, 1.82) is 0 Å². The minimum atomic E-state index is -4.34. The van der Waals surface area contributed by atoms with Crippen LogP contribution in [0.1, 0.15) is 28.3 Å². The summed E-state index contributed by atoms with van der Waals surface area (Å²) >= 11 is 0. The molecule has 0 aliphatic rings. The lowest BCUT2D eigenvalue weighted by molar-refractivity contribution is -0.137. The summed E-state index contributed by atoms with van der Waals surface area (Å²) < 4.78 is 37.9. The van der Waals surface area contributed by atoms with Crippen LogP contribution in [0, 0.1) is 6.92 Å². The van der Waals surface area contributed by atoms with Crippen LogP contribution in [0.15, 0.2) is 48.5 Å². The van der Waals surface area contributed by atoms with E-state index in [1.165, 1.54) is 6.07 Å². The first-order valence-electron chi connectivity index (χ1n) is 5.87. The predicted octanol–water partition coefficient (Wildman–Crippen LogP) is 4.48. The molecule has 0 spiro atoms. The van der Waals surface area contributed by atoms with Gasteiger partial charge in [-0.15, -0.1) is 12.4 Å². The maximum Gasteiger partial charge on any atom is 0.416 e. The first-order chi connectivity index (χ1) is 8.88. The van der Waals surface area contributed by atoms with Crippen LogP contribution in [0.5, 0.6) is 0 Å². The molecular weight excluding hydrogens is 287 g/mol. The van der Waals surface area contributed by atoms with Crippen molar-refractivity contribution in [2.24, 2.45) is 5.73 Å². The van der Waals surface area contributed by atoms with Gasteiger partial charge in [0.05, 0.1) is 11.6 Å². The SMILES string of the molecule is Cc1ccc(C(N)c2cccc(C(F)(F)F)c2)cc1.Cl. The molecule has 20 heavy (non-hydrogen) atoms. The second kappa shape index (κ2) is 6.29. The summed E-state index contributed by atoms with van der Waals surface area (Å²) in [6.07, 6.45) is -4.34. The molecule has 0 heterocycles. The van der Waals surface area contributed by atoms with E-state index in [9.17, 15) is 13.2 Å². The van der Waals surface area contributed by atoms with Gasteiger partial charge in [-0.05, 0) is 30.2 Å². The lowest BCUT2D eigenvalue weighted by Gasteiger charge is -2.15. The van der Waals surface area contributed by atoms with E-state index in [4.69, 9.17) is 5.73 Å². The molecule has 0 fully saturated rings. The van der Waals surface area contributed by atoms with Gasteiger partial charge >= 0.3 is 6.18 Å². The zero-order valence-electron chi connectivity index (χ0n) is 10.8. The third-order valence-corrected chi connectivity index (χ3v) is 3.01. The van der Waals surface area contributed by atoms with Gasteiger partial charge in [0.2, 0.25) is 0 Å². The van der Waals surface area contributed by atoms with Crippen LogP contribution in [0.4, 0.5) is 13.2 Å². The molecule has 2 rings (SSSR count). The Labute approximate surface area is 122 Å². The molecule has 0 aromatic heterocycles. The summed E-state index contributed by atoms with van der Waals surface area (Å²) in [6, 6.07) is 12.0. The fraction of sp³-hybridized carbons (Fsp3) is 0.200. The number of aryl methyl sites for hydroxylation is 1. The van der Waals surface area contributed by atoms with Gasteiger partial charge in [0.15, 0.2) is 0 Å². The van der Waals surface area contributed by atoms with Gasteiger partial charge < -0.3 is 5.73 Å². The van der Waals surface area contributed by atoms with Gasteiger partial charge in [-0.1, -0.05) is 42.0 Å². The fourth-order valence-electron chi connectivity index (χ4n) is 1.87. The smallest absolute Gasteiger partial charge is 0.320 e. The van der Waals surface area contributed by atoms with E-state index in [0.717, 1.165) is 23.3 Å². The fourth-order valence-corrected chi connectivity index (χ4v) is 1.87. The molecule has 0 aliphatic carbocycles. The van der Waals surface area contributed by atoms with E-state index in [0.29, 0.717) is 5.56 Å². The Morgan fingerprint density at radius 2 is 1.55 bits per heavy atom. The molecule has 2 aromatic carbocycles. The Balaban J connectivity index is 0.00000200. The van der Waals surface area contributed by atoms with Gasteiger partial charge in [-0.3, -0.25) is 0 Å². The summed E-state index contributed by atoms with van der Waals surface area (Å²) in [5, 5.41) is 0.